The second-order valence-corrected chi connectivity index (χ2v) is 5.29. The van der Waals surface area contributed by atoms with Gasteiger partial charge in [0.05, 0.1) is 22.6 Å². The molecule has 0 radical (unpaired) electrons. The maximum atomic E-state index is 11.7. The smallest absolute Gasteiger partial charge is 0.247 e. The van der Waals surface area contributed by atoms with Crippen LogP contribution in [0.5, 0.6) is 0 Å². The molecule has 0 aromatic heterocycles. The van der Waals surface area contributed by atoms with E-state index < -0.39 is 0 Å². The third kappa shape index (κ3) is 3.87. The summed E-state index contributed by atoms with van der Waals surface area (Å²) in [5, 5.41) is 0.946. The lowest BCUT2D eigenvalue weighted by atomic mass is 10.1. The van der Waals surface area contributed by atoms with Gasteiger partial charge in [-0.05, 0) is 30.5 Å². The number of halogens is 2. The first kappa shape index (κ1) is 13.7. The third-order valence-electron chi connectivity index (χ3n) is 2.99. The zero-order valence-electron chi connectivity index (χ0n) is 9.92. The van der Waals surface area contributed by atoms with Crippen LogP contribution >= 0.6 is 23.2 Å². The molecular formula is C13H15Cl2NO2. The van der Waals surface area contributed by atoms with E-state index in [1.807, 2.05) is 0 Å². The largest absolute Gasteiger partial charge is 0.272 e. The van der Waals surface area contributed by atoms with Crippen molar-refractivity contribution in [2.24, 2.45) is 0 Å². The van der Waals surface area contributed by atoms with Gasteiger partial charge >= 0.3 is 0 Å². The molecule has 1 fully saturated rings. The SMILES string of the molecule is O=C(Cc1ccc(Cl)c(Cl)c1)NOC1CCCC1. The van der Waals surface area contributed by atoms with Crippen molar-refractivity contribution in [2.75, 3.05) is 0 Å². The van der Waals surface area contributed by atoms with Gasteiger partial charge in [0.1, 0.15) is 0 Å². The number of carbonyl (C=O) groups is 1. The molecule has 0 bridgehead atoms. The summed E-state index contributed by atoms with van der Waals surface area (Å²) in [6.45, 7) is 0. The predicted octanol–water partition coefficient (Wildman–Crippen LogP) is 3.53. The van der Waals surface area contributed by atoms with Crippen LogP contribution in [0.2, 0.25) is 10.0 Å². The van der Waals surface area contributed by atoms with Gasteiger partial charge in [0.2, 0.25) is 5.91 Å². The van der Waals surface area contributed by atoms with Gasteiger partial charge in [-0.2, -0.15) is 0 Å². The van der Waals surface area contributed by atoms with Crippen LogP contribution in [0.3, 0.4) is 0 Å². The van der Waals surface area contributed by atoms with Gasteiger partial charge in [0.25, 0.3) is 0 Å². The van der Waals surface area contributed by atoms with Crippen LogP contribution in [0.4, 0.5) is 0 Å². The Kier molecular flexibility index (Phi) is 4.87. The molecule has 1 aliphatic carbocycles. The van der Waals surface area contributed by atoms with Crippen LogP contribution in [0.25, 0.3) is 0 Å². The fourth-order valence-corrected chi connectivity index (χ4v) is 2.35. The average Bonchev–Trinajstić information content (AvgIpc) is 2.84. The highest BCUT2D eigenvalue weighted by Crippen LogP contribution is 2.23. The van der Waals surface area contributed by atoms with E-state index in [0.717, 1.165) is 18.4 Å². The third-order valence-corrected chi connectivity index (χ3v) is 3.73. The summed E-state index contributed by atoms with van der Waals surface area (Å²) in [5.41, 5.74) is 3.31. The lowest BCUT2D eigenvalue weighted by Crippen LogP contribution is -2.29. The van der Waals surface area contributed by atoms with Crippen LogP contribution in [0, 0.1) is 0 Å². The molecule has 0 aliphatic heterocycles. The van der Waals surface area contributed by atoms with E-state index in [4.69, 9.17) is 28.0 Å². The van der Waals surface area contributed by atoms with Crippen molar-refractivity contribution >= 4 is 29.1 Å². The van der Waals surface area contributed by atoms with Crippen molar-refractivity contribution < 1.29 is 9.63 Å². The molecule has 98 valence electrons. The molecule has 2 rings (SSSR count). The Morgan fingerprint density at radius 1 is 1.28 bits per heavy atom. The number of hydrogen-bond acceptors (Lipinski definition) is 2. The van der Waals surface area contributed by atoms with Gasteiger partial charge in [-0.15, -0.1) is 0 Å². The molecule has 0 heterocycles. The van der Waals surface area contributed by atoms with Crippen molar-refractivity contribution in [3.05, 3.63) is 33.8 Å². The number of carbonyl (C=O) groups excluding carboxylic acids is 1. The molecular weight excluding hydrogens is 273 g/mol. The summed E-state index contributed by atoms with van der Waals surface area (Å²) < 4.78 is 0. The van der Waals surface area contributed by atoms with Gasteiger partial charge in [-0.3, -0.25) is 9.63 Å². The first-order chi connectivity index (χ1) is 8.65. The Hall–Kier alpha value is -0.770. The second kappa shape index (κ2) is 6.41. The van der Waals surface area contributed by atoms with Crippen molar-refractivity contribution in [2.45, 2.75) is 38.2 Å². The molecule has 0 saturated heterocycles. The van der Waals surface area contributed by atoms with E-state index in [1.54, 1.807) is 18.2 Å². The molecule has 0 spiro atoms. The predicted molar refractivity (Wildman–Crippen MR) is 71.6 cm³/mol. The molecule has 1 aromatic rings. The van der Waals surface area contributed by atoms with Crippen LogP contribution in [-0.4, -0.2) is 12.0 Å². The lowest BCUT2D eigenvalue weighted by Gasteiger charge is -2.11. The van der Waals surface area contributed by atoms with Crippen molar-refractivity contribution in [1.29, 1.82) is 0 Å². The Morgan fingerprint density at radius 3 is 2.67 bits per heavy atom. The lowest BCUT2D eigenvalue weighted by molar-refractivity contribution is -0.137. The van der Waals surface area contributed by atoms with Crippen LogP contribution in [-0.2, 0) is 16.1 Å². The first-order valence-corrected chi connectivity index (χ1v) is 6.79. The van der Waals surface area contributed by atoms with Gasteiger partial charge < -0.3 is 0 Å². The highest BCUT2D eigenvalue weighted by molar-refractivity contribution is 6.42. The minimum atomic E-state index is -0.166. The number of nitrogens with one attached hydrogen (secondary N) is 1. The minimum Gasteiger partial charge on any atom is -0.272 e. The Morgan fingerprint density at radius 2 is 2.00 bits per heavy atom. The minimum absolute atomic E-state index is 0.166. The number of amides is 1. The molecule has 1 aliphatic rings. The van der Waals surface area contributed by atoms with Gasteiger partial charge in [-0.1, -0.05) is 42.1 Å². The monoisotopic (exact) mass is 287 g/mol. The summed E-state index contributed by atoms with van der Waals surface area (Å²) in [5.74, 6) is -0.166. The molecule has 0 unspecified atom stereocenters. The van der Waals surface area contributed by atoms with Gasteiger partial charge in [0.15, 0.2) is 0 Å². The molecule has 5 heteroatoms. The second-order valence-electron chi connectivity index (χ2n) is 4.47. The molecule has 1 amide bonds. The normalized spacial score (nSPS) is 15.9. The number of rotatable bonds is 4. The fourth-order valence-electron chi connectivity index (χ4n) is 2.03. The zero-order valence-corrected chi connectivity index (χ0v) is 11.4. The van der Waals surface area contributed by atoms with E-state index in [-0.39, 0.29) is 18.4 Å². The highest BCUT2D eigenvalue weighted by Gasteiger charge is 2.16. The fraction of sp³-hybridized carbons (Fsp3) is 0.462. The van der Waals surface area contributed by atoms with Crippen LogP contribution in [0.15, 0.2) is 18.2 Å². The summed E-state index contributed by atoms with van der Waals surface area (Å²) in [6.07, 6.45) is 4.80. The van der Waals surface area contributed by atoms with Crippen molar-refractivity contribution in [3.63, 3.8) is 0 Å². The quantitative estimate of drug-likeness (QED) is 0.861. The summed E-state index contributed by atoms with van der Waals surface area (Å²) in [7, 11) is 0. The first-order valence-electron chi connectivity index (χ1n) is 6.03. The number of benzene rings is 1. The zero-order chi connectivity index (χ0) is 13.0. The maximum Gasteiger partial charge on any atom is 0.247 e. The van der Waals surface area contributed by atoms with E-state index in [0.29, 0.717) is 10.0 Å². The molecule has 1 N–H and O–H groups in total. The Bertz CT molecular complexity index is 431. The van der Waals surface area contributed by atoms with E-state index >= 15 is 0 Å². The molecule has 1 saturated carbocycles. The average molecular weight is 288 g/mol. The number of hydroxylamine groups is 1. The molecule has 0 atom stereocenters. The van der Waals surface area contributed by atoms with Crippen molar-refractivity contribution in [1.82, 2.24) is 5.48 Å². The van der Waals surface area contributed by atoms with E-state index in [9.17, 15) is 4.79 Å². The maximum absolute atomic E-state index is 11.7. The standard InChI is InChI=1S/C13H15Cl2NO2/c14-11-6-5-9(7-12(11)15)8-13(17)16-18-10-3-1-2-4-10/h5-7,10H,1-4,8H2,(H,16,17). The van der Waals surface area contributed by atoms with Crippen LogP contribution < -0.4 is 5.48 Å². The van der Waals surface area contributed by atoms with Gasteiger partial charge in [0, 0.05) is 0 Å². The van der Waals surface area contributed by atoms with Gasteiger partial charge in [-0.25, -0.2) is 5.48 Å². The molecule has 1 aromatic carbocycles. The topological polar surface area (TPSA) is 38.3 Å². The highest BCUT2D eigenvalue weighted by atomic mass is 35.5. The van der Waals surface area contributed by atoms with E-state index in [1.165, 1.54) is 12.8 Å². The van der Waals surface area contributed by atoms with E-state index in [2.05, 4.69) is 5.48 Å². The van der Waals surface area contributed by atoms with Crippen LogP contribution in [0.1, 0.15) is 31.2 Å². The Labute approximate surface area is 116 Å². The Balaban J connectivity index is 1.80. The van der Waals surface area contributed by atoms with Crippen molar-refractivity contribution in [3.8, 4) is 0 Å². The summed E-state index contributed by atoms with van der Waals surface area (Å²) in [4.78, 5) is 17.0. The molecule has 18 heavy (non-hydrogen) atoms. The molecule has 3 nitrogen and oxygen atoms in total. The summed E-state index contributed by atoms with van der Waals surface area (Å²) in [6, 6.07) is 5.16. The number of hydrogen-bond donors (Lipinski definition) is 1. The summed E-state index contributed by atoms with van der Waals surface area (Å²) >= 11 is 11.7.